The Morgan fingerprint density at radius 2 is 1.85 bits per heavy atom. The van der Waals surface area contributed by atoms with Crippen LogP contribution in [0.5, 0.6) is 23.0 Å². The third kappa shape index (κ3) is 4.53. The average molecular weight is 369 g/mol. The number of hydrogen-bond donors (Lipinski definition) is 1. The van der Waals surface area contributed by atoms with Crippen LogP contribution < -0.4 is 24.3 Å². The third-order valence-corrected chi connectivity index (χ3v) is 4.26. The Morgan fingerprint density at radius 3 is 2.59 bits per heavy atom. The summed E-state index contributed by atoms with van der Waals surface area (Å²) in [6, 6.07) is 10.9. The van der Waals surface area contributed by atoms with Crippen molar-refractivity contribution >= 4 is 12.0 Å². The smallest absolute Gasteiger partial charge is 0.244 e. The highest BCUT2D eigenvalue weighted by atomic mass is 16.6. The minimum atomic E-state index is -0.219. The molecular formula is C21H23NO5. The Kier molecular flexibility index (Phi) is 5.86. The molecule has 27 heavy (non-hydrogen) atoms. The van der Waals surface area contributed by atoms with E-state index in [1.807, 2.05) is 37.3 Å². The van der Waals surface area contributed by atoms with Crippen molar-refractivity contribution in [3.63, 3.8) is 0 Å². The van der Waals surface area contributed by atoms with Gasteiger partial charge in [0.2, 0.25) is 5.91 Å². The van der Waals surface area contributed by atoms with Crippen LogP contribution in [0.2, 0.25) is 0 Å². The van der Waals surface area contributed by atoms with Gasteiger partial charge in [0, 0.05) is 17.7 Å². The highest BCUT2D eigenvalue weighted by Gasteiger charge is 2.14. The van der Waals surface area contributed by atoms with Crippen LogP contribution >= 0.6 is 0 Å². The van der Waals surface area contributed by atoms with Crippen molar-refractivity contribution < 1.29 is 23.7 Å². The molecule has 1 atom stereocenters. The van der Waals surface area contributed by atoms with Crippen LogP contribution in [0.15, 0.2) is 42.5 Å². The van der Waals surface area contributed by atoms with E-state index in [1.54, 1.807) is 26.4 Å². The van der Waals surface area contributed by atoms with E-state index in [9.17, 15) is 4.79 Å². The molecule has 0 spiro atoms. The summed E-state index contributed by atoms with van der Waals surface area (Å²) in [5.74, 6) is 2.59. The molecule has 1 aliphatic heterocycles. The standard InChI is InChI=1S/C21H23NO5/c1-14(17-7-6-16(24-2)13-19(17)25-3)22-21(23)9-5-15-4-8-18-20(12-15)27-11-10-26-18/h4-9,12-14H,10-11H2,1-3H3,(H,22,23)/b9-5+. The van der Waals surface area contributed by atoms with E-state index in [0.717, 1.165) is 16.9 Å². The van der Waals surface area contributed by atoms with Crippen LogP contribution in [0, 0.1) is 0 Å². The van der Waals surface area contributed by atoms with Gasteiger partial charge in [0.1, 0.15) is 24.7 Å². The van der Waals surface area contributed by atoms with Gasteiger partial charge in [-0.1, -0.05) is 6.07 Å². The van der Waals surface area contributed by atoms with Gasteiger partial charge in [-0.15, -0.1) is 0 Å². The number of carbonyl (C=O) groups is 1. The molecule has 1 aliphatic rings. The van der Waals surface area contributed by atoms with Crippen molar-refractivity contribution in [1.29, 1.82) is 0 Å². The number of nitrogens with one attached hydrogen (secondary N) is 1. The van der Waals surface area contributed by atoms with Gasteiger partial charge in [-0.25, -0.2) is 0 Å². The highest BCUT2D eigenvalue weighted by Crippen LogP contribution is 2.31. The molecule has 1 heterocycles. The summed E-state index contributed by atoms with van der Waals surface area (Å²) < 4.78 is 21.6. The van der Waals surface area contributed by atoms with E-state index < -0.39 is 0 Å². The molecular weight excluding hydrogens is 346 g/mol. The molecule has 6 heteroatoms. The van der Waals surface area contributed by atoms with Crippen LogP contribution in [0.1, 0.15) is 24.1 Å². The van der Waals surface area contributed by atoms with E-state index in [4.69, 9.17) is 18.9 Å². The fourth-order valence-electron chi connectivity index (χ4n) is 2.85. The molecule has 3 rings (SSSR count). The number of ether oxygens (including phenoxy) is 4. The van der Waals surface area contributed by atoms with Crippen molar-refractivity contribution in [3.8, 4) is 23.0 Å². The van der Waals surface area contributed by atoms with Gasteiger partial charge in [0.25, 0.3) is 0 Å². The molecule has 142 valence electrons. The molecule has 0 aromatic heterocycles. The quantitative estimate of drug-likeness (QED) is 0.791. The first kappa shape index (κ1) is 18.6. The molecule has 0 radical (unpaired) electrons. The molecule has 0 saturated carbocycles. The van der Waals surface area contributed by atoms with Crippen molar-refractivity contribution in [2.45, 2.75) is 13.0 Å². The maximum atomic E-state index is 12.3. The highest BCUT2D eigenvalue weighted by molar-refractivity contribution is 5.92. The molecule has 1 N–H and O–H groups in total. The summed E-state index contributed by atoms with van der Waals surface area (Å²) in [6.07, 6.45) is 3.24. The minimum Gasteiger partial charge on any atom is -0.497 e. The first-order chi connectivity index (χ1) is 13.1. The molecule has 1 unspecified atom stereocenters. The molecule has 0 bridgehead atoms. The molecule has 2 aromatic rings. The van der Waals surface area contributed by atoms with Crippen LogP contribution in [0.25, 0.3) is 6.08 Å². The zero-order valence-electron chi connectivity index (χ0n) is 15.7. The van der Waals surface area contributed by atoms with Gasteiger partial charge in [0.15, 0.2) is 11.5 Å². The lowest BCUT2D eigenvalue weighted by atomic mass is 10.1. The predicted molar refractivity (Wildman–Crippen MR) is 103 cm³/mol. The van der Waals surface area contributed by atoms with E-state index >= 15 is 0 Å². The summed E-state index contributed by atoms with van der Waals surface area (Å²) in [5, 5.41) is 2.94. The van der Waals surface area contributed by atoms with Gasteiger partial charge in [0.05, 0.1) is 20.3 Å². The average Bonchev–Trinajstić information content (AvgIpc) is 2.71. The second kappa shape index (κ2) is 8.49. The van der Waals surface area contributed by atoms with Crippen LogP contribution in [-0.2, 0) is 4.79 Å². The number of hydrogen-bond acceptors (Lipinski definition) is 5. The molecule has 0 aliphatic carbocycles. The van der Waals surface area contributed by atoms with Crippen LogP contribution in [0.4, 0.5) is 0 Å². The lowest BCUT2D eigenvalue weighted by Crippen LogP contribution is -2.25. The van der Waals surface area contributed by atoms with Crippen LogP contribution in [0.3, 0.4) is 0 Å². The Hall–Kier alpha value is -3.15. The summed E-state index contributed by atoms with van der Waals surface area (Å²) >= 11 is 0. The summed E-state index contributed by atoms with van der Waals surface area (Å²) in [6.45, 7) is 2.99. The van der Waals surface area contributed by atoms with Gasteiger partial charge in [-0.3, -0.25) is 4.79 Å². The molecule has 1 amide bonds. The van der Waals surface area contributed by atoms with Crippen molar-refractivity contribution in [2.75, 3.05) is 27.4 Å². The monoisotopic (exact) mass is 369 g/mol. The van der Waals surface area contributed by atoms with Gasteiger partial charge in [-0.2, -0.15) is 0 Å². The predicted octanol–water partition coefficient (Wildman–Crippen LogP) is 3.37. The van der Waals surface area contributed by atoms with Gasteiger partial charge >= 0.3 is 0 Å². The second-order valence-corrected chi connectivity index (χ2v) is 6.07. The Bertz CT molecular complexity index is 846. The molecule has 0 saturated heterocycles. The number of rotatable bonds is 6. The minimum absolute atomic E-state index is 0.199. The summed E-state index contributed by atoms with van der Waals surface area (Å²) in [7, 11) is 3.19. The lowest BCUT2D eigenvalue weighted by molar-refractivity contribution is -0.117. The van der Waals surface area contributed by atoms with Crippen molar-refractivity contribution in [1.82, 2.24) is 5.32 Å². The number of methoxy groups -OCH3 is 2. The Labute approximate surface area is 158 Å². The van der Waals surface area contributed by atoms with Gasteiger partial charge in [-0.05, 0) is 42.8 Å². The van der Waals surface area contributed by atoms with E-state index in [1.165, 1.54) is 6.08 Å². The Morgan fingerprint density at radius 1 is 1.07 bits per heavy atom. The topological polar surface area (TPSA) is 66.0 Å². The summed E-state index contributed by atoms with van der Waals surface area (Å²) in [4.78, 5) is 12.3. The van der Waals surface area contributed by atoms with Gasteiger partial charge < -0.3 is 24.3 Å². The van der Waals surface area contributed by atoms with E-state index in [-0.39, 0.29) is 11.9 Å². The number of benzene rings is 2. The van der Waals surface area contributed by atoms with E-state index in [2.05, 4.69) is 5.32 Å². The molecule has 0 fully saturated rings. The Balaban J connectivity index is 1.66. The van der Waals surface area contributed by atoms with Crippen LogP contribution in [-0.4, -0.2) is 33.3 Å². The molecule has 6 nitrogen and oxygen atoms in total. The fourth-order valence-corrected chi connectivity index (χ4v) is 2.85. The first-order valence-corrected chi connectivity index (χ1v) is 8.71. The SMILES string of the molecule is COc1ccc(C(C)NC(=O)/C=C/c2ccc3c(c2)OCCO3)c(OC)c1. The van der Waals surface area contributed by atoms with E-state index in [0.29, 0.717) is 30.5 Å². The largest absolute Gasteiger partial charge is 0.497 e. The van der Waals surface area contributed by atoms with Crippen molar-refractivity contribution in [2.24, 2.45) is 0 Å². The van der Waals surface area contributed by atoms with Crippen molar-refractivity contribution in [3.05, 3.63) is 53.6 Å². The zero-order chi connectivity index (χ0) is 19.2. The fraction of sp³-hybridized carbons (Fsp3) is 0.286. The lowest BCUT2D eigenvalue weighted by Gasteiger charge is -2.18. The zero-order valence-corrected chi connectivity index (χ0v) is 15.7. The normalized spacial score (nSPS) is 13.9. The number of amides is 1. The summed E-state index contributed by atoms with van der Waals surface area (Å²) in [5.41, 5.74) is 1.74. The number of fused-ring (bicyclic) bond motifs is 1. The second-order valence-electron chi connectivity index (χ2n) is 6.07. The maximum absolute atomic E-state index is 12.3. The third-order valence-electron chi connectivity index (χ3n) is 4.26. The molecule has 2 aromatic carbocycles. The number of carbonyl (C=O) groups excluding carboxylic acids is 1. The first-order valence-electron chi connectivity index (χ1n) is 8.71. The maximum Gasteiger partial charge on any atom is 0.244 e.